The summed E-state index contributed by atoms with van der Waals surface area (Å²) < 4.78 is 0. The van der Waals surface area contributed by atoms with Crippen LogP contribution in [0.25, 0.3) is 0 Å². The van der Waals surface area contributed by atoms with E-state index in [1.165, 1.54) is 11.8 Å². The van der Waals surface area contributed by atoms with Gasteiger partial charge in [0, 0.05) is 12.3 Å². The normalized spacial score (nSPS) is 16.2. The number of amides is 2. The van der Waals surface area contributed by atoms with Crippen LogP contribution in [0.3, 0.4) is 0 Å². The van der Waals surface area contributed by atoms with Gasteiger partial charge in [-0.3, -0.25) is 9.59 Å². The summed E-state index contributed by atoms with van der Waals surface area (Å²) in [6, 6.07) is 10.00. The molecule has 108 valence electrons. The predicted octanol–water partition coefficient (Wildman–Crippen LogP) is 2.81. The summed E-state index contributed by atoms with van der Waals surface area (Å²) in [5, 5.41) is 3.05. The number of rotatable bonds is 6. The molecule has 1 aromatic carbocycles. The molecule has 1 fully saturated rings. The van der Waals surface area contributed by atoms with Crippen molar-refractivity contribution in [3.63, 3.8) is 0 Å². The van der Waals surface area contributed by atoms with Crippen molar-refractivity contribution in [3.05, 3.63) is 35.9 Å². The van der Waals surface area contributed by atoms with Crippen LogP contribution in [0.4, 0.5) is 4.79 Å². The molecule has 4 nitrogen and oxygen atoms in total. The number of hydrogen-bond donors (Lipinski definition) is 1. The molecule has 2 amide bonds. The van der Waals surface area contributed by atoms with Crippen molar-refractivity contribution in [2.24, 2.45) is 0 Å². The van der Waals surface area contributed by atoms with Gasteiger partial charge < -0.3 is 10.2 Å². The lowest BCUT2D eigenvalue weighted by atomic mass is 10.0. The molecule has 0 unspecified atom stereocenters. The number of nitrogens with zero attached hydrogens (tertiary/aromatic N) is 1. The molecule has 0 radical (unpaired) electrons. The van der Waals surface area contributed by atoms with Crippen molar-refractivity contribution in [3.8, 4) is 0 Å². The Labute approximate surface area is 123 Å². The molecule has 1 atom stereocenters. The number of hydrogen-bond acceptors (Lipinski definition) is 3. The van der Waals surface area contributed by atoms with Crippen molar-refractivity contribution in [2.75, 3.05) is 18.8 Å². The fourth-order valence-electron chi connectivity index (χ4n) is 2.28. The van der Waals surface area contributed by atoms with E-state index in [1.807, 2.05) is 30.3 Å². The van der Waals surface area contributed by atoms with E-state index in [0.717, 1.165) is 24.2 Å². The Morgan fingerprint density at radius 2 is 2.15 bits per heavy atom. The largest absolute Gasteiger partial charge is 0.348 e. The number of carbonyl (C=O) groups is 2. The van der Waals surface area contributed by atoms with Gasteiger partial charge in [-0.15, -0.1) is 0 Å². The van der Waals surface area contributed by atoms with Crippen LogP contribution in [0.5, 0.6) is 0 Å². The molecule has 0 aliphatic carbocycles. The molecule has 1 heterocycles. The highest BCUT2D eigenvalue weighted by molar-refractivity contribution is 8.13. The molecule has 1 N–H and O–H groups in total. The van der Waals surface area contributed by atoms with Gasteiger partial charge in [0.2, 0.25) is 5.91 Å². The summed E-state index contributed by atoms with van der Waals surface area (Å²) in [5.41, 5.74) is 1.12. The van der Waals surface area contributed by atoms with Gasteiger partial charge >= 0.3 is 0 Å². The van der Waals surface area contributed by atoms with Gasteiger partial charge in [-0.25, -0.2) is 0 Å². The van der Waals surface area contributed by atoms with Crippen LogP contribution in [-0.4, -0.2) is 34.9 Å². The minimum Gasteiger partial charge on any atom is -0.348 e. The van der Waals surface area contributed by atoms with Gasteiger partial charge in [0.25, 0.3) is 5.24 Å². The van der Waals surface area contributed by atoms with Crippen LogP contribution in [0.15, 0.2) is 30.3 Å². The van der Waals surface area contributed by atoms with Crippen LogP contribution in [0.2, 0.25) is 0 Å². The van der Waals surface area contributed by atoms with Crippen LogP contribution >= 0.6 is 11.8 Å². The fourth-order valence-corrected chi connectivity index (χ4v) is 3.10. The first-order valence-electron chi connectivity index (χ1n) is 6.96. The second kappa shape index (κ2) is 7.33. The Morgan fingerprint density at radius 3 is 2.75 bits per heavy atom. The lowest BCUT2D eigenvalue weighted by Gasteiger charge is -2.21. The maximum Gasteiger partial charge on any atom is 0.282 e. The van der Waals surface area contributed by atoms with E-state index in [4.69, 9.17) is 0 Å². The van der Waals surface area contributed by atoms with E-state index < -0.39 is 0 Å². The van der Waals surface area contributed by atoms with Crippen LogP contribution in [0, 0.1) is 0 Å². The molecular weight excluding hydrogens is 272 g/mol. The predicted molar refractivity (Wildman–Crippen MR) is 81.7 cm³/mol. The van der Waals surface area contributed by atoms with E-state index in [1.54, 1.807) is 4.90 Å². The minimum absolute atomic E-state index is 0.00639. The van der Waals surface area contributed by atoms with Crippen molar-refractivity contribution < 1.29 is 9.59 Å². The number of benzene rings is 1. The highest BCUT2D eigenvalue weighted by atomic mass is 32.2. The lowest BCUT2D eigenvalue weighted by Crippen LogP contribution is -2.39. The first-order valence-corrected chi connectivity index (χ1v) is 7.95. The summed E-state index contributed by atoms with van der Waals surface area (Å²) in [4.78, 5) is 25.2. The Hall–Kier alpha value is -1.49. The van der Waals surface area contributed by atoms with Crippen LogP contribution < -0.4 is 5.32 Å². The molecule has 1 aromatic rings. The molecule has 20 heavy (non-hydrogen) atoms. The molecule has 0 spiro atoms. The maximum atomic E-state index is 12.1. The zero-order valence-electron chi connectivity index (χ0n) is 11.7. The average molecular weight is 292 g/mol. The second-order valence-corrected chi connectivity index (χ2v) is 5.90. The number of thioether (sulfide) groups is 1. The molecule has 0 aromatic heterocycles. The highest BCUT2D eigenvalue weighted by Crippen LogP contribution is 2.19. The van der Waals surface area contributed by atoms with Gasteiger partial charge in [0.1, 0.15) is 6.54 Å². The topological polar surface area (TPSA) is 49.4 Å². The maximum absolute atomic E-state index is 12.1. The SMILES string of the molecule is CCC[C@@H](NC(=O)CN1CCSC1=O)c1ccccc1. The van der Waals surface area contributed by atoms with Gasteiger partial charge in [0.15, 0.2) is 0 Å². The first-order chi connectivity index (χ1) is 9.70. The van der Waals surface area contributed by atoms with Gasteiger partial charge in [-0.1, -0.05) is 55.4 Å². The van der Waals surface area contributed by atoms with Gasteiger partial charge in [-0.05, 0) is 12.0 Å². The third-order valence-electron chi connectivity index (χ3n) is 3.29. The van der Waals surface area contributed by atoms with Crippen molar-refractivity contribution in [1.29, 1.82) is 0 Å². The molecule has 1 aliphatic rings. The highest BCUT2D eigenvalue weighted by Gasteiger charge is 2.24. The molecule has 1 aliphatic heterocycles. The molecule has 1 saturated heterocycles. The zero-order chi connectivity index (χ0) is 14.4. The molecule has 0 bridgehead atoms. The average Bonchev–Trinajstić information content (AvgIpc) is 2.85. The summed E-state index contributed by atoms with van der Waals surface area (Å²) in [6.07, 6.45) is 1.90. The van der Waals surface area contributed by atoms with Gasteiger partial charge in [0.05, 0.1) is 6.04 Å². The summed E-state index contributed by atoms with van der Waals surface area (Å²) in [5.74, 6) is 0.701. The van der Waals surface area contributed by atoms with Crippen molar-refractivity contribution in [1.82, 2.24) is 10.2 Å². The third-order valence-corrected chi connectivity index (χ3v) is 4.19. The Balaban J connectivity index is 1.94. The zero-order valence-corrected chi connectivity index (χ0v) is 12.5. The fraction of sp³-hybridized carbons (Fsp3) is 0.467. The quantitative estimate of drug-likeness (QED) is 0.877. The Bertz CT molecular complexity index is 464. The van der Waals surface area contributed by atoms with E-state index in [-0.39, 0.29) is 23.7 Å². The van der Waals surface area contributed by atoms with E-state index in [2.05, 4.69) is 12.2 Å². The summed E-state index contributed by atoms with van der Waals surface area (Å²) in [6.45, 7) is 2.93. The summed E-state index contributed by atoms with van der Waals surface area (Å²) >= 11 is 1.28. The molecule has 0 saturated carbocycles. The van der Waals surface area contributed by atoms with Crippen molar-refractivity contribution in [2.45, 2.75) is 25.8 Å². The Kier molecular flexibility index (Phi) is 5.47. The van der Waals surface area contributed by atoms with Crippen LogP contribution in [-0.2, 0) is 4.79 Å². The third kappa shape index (κ3) is 4.00. The van der Waals surface area contributed by atoms with Crippen LogP contribution in [0.1, 0.15) is 31.4 Å². The number of carbonyl (C=O) groups excluding carboxylic acids is 2. The van der Waals surface area contributed by atoms with E-state index in [0.29, 0.717) is 6.54 Å². The van der Waals surface area contributed by atoms with E-state index in [9.17, 15) is 9.59 Å². The lowest BCUT2D eigenvalue weighted by molar-refractivity contribution is -0.122. The second-order valence-electron chi connectivity index (χ2n) is 4.86. The standard InChI is InChI=1S/C15H20N2O2S/c1-2-6-13(12-7-4-3-5-8-12)16-14(18)11-17-9-10-20-15(17)19/h3-5,7-8,13H,2,6,9-11H2,1H3,(H,16,18)/t13-/m1/s1. The van der Waals surface area contributed by atoms with Crippen molar-refractivity contribution >= 4 is 22.9 Å². The number of nitrogens with one attached hydrogen (secondary N) is 1. The monoisotopic (exact) mass is 292 g/mol. The van der Waals surface area contributed by atoms with Gasteiger partial charge in [-0.2, -0.15) is 0 Å². The van der Waals surface area contributed by atoms with E-state index >= 15 is 0 Å². The summed E-state index contributed by atoms with van der Waals surface area (Å²) in [7, 11) is 0. The first kappa shape index (κ1) is 14.9. The minimum atomic E-state index is -0.0804. The Morgan fingerprint density at radius 1 is 1.40 bits per heavy atom. The molecule has 2 rings (SSSR count). The molecular formula is C15H20N2O2S. The molecule has 5 heteroatoms. The smallest absolute Gasteiger partial charge is 0.282 e.